The van der Waals surface area contributed by atoms with E-state index >= 15 is 0 Å². The van der Waals surface area contributed by atoms with Crippen molar-refractivity contribution >= 4 is 61.3 Å². The summed E-state index contributed by atoms with van der Waals surface area (Å²) < 4.78 is 28.5. The molecule has 6 nitrogen and oxygen atoms in total. The summed E-state index contributed by atoms with van der Waals surface area (Å²) in [5.74, 6) is -0.171. The molecule has 0 atom stereocenters. The van der Waals surface area contributed by atoms with Gasteiger partial charge in [-0.1, -0.05) is 83.3 Å². The first kappa shape index (κ1) is 27.4. The minimum atomic E-state index is -4.00. The fourth-order valence-electron chi connectivity index (χ4n) is 3.16. The third-order valence-electron chi connectivity index (χ3n) is 5.12. The highest BCUT2D eigenvalue weighted by molar-refractivity contribution is 9.10. The predicted molar refractivity (Wildman–Crippen MR) is 144 cm³/mol. The SMILES string of the molecule is CC(C)c1ccc(/C=N/NC(=O)CN(Cc2ccc(Cl)c(Cl)c2)S(=O)(=O)c2ccc(Br)cc2)cc1. The van der Waals surface area contributed by atoms with E-state index in [0.717, 1.165) is 14.3 Å². The van der Waals surface area contributed by atoms with Crippen molar-refractivity contribution in [2.24, 2.45) is 5.10 Å². The Labute approximate surface area is 224 Å². The Morgan fingerprint density at radius 2 is 1.69 bits per heavy atom. The van der Waals surface area contributed by atoms with E-state index < -0.39 is 22.5 Å². The molecule has 3 aromatic rings. The number of amides is 1. The summed E-state index contributed by atoms with van der Waals surface area (Å²) in [7, 11) is -4.00. The molecule has 0 aliphatic carbocycles. The second kappa shape index (κ2) is 12.1. The summed E-state index contributed by atoms with van der Waals surface area (Å²) in [5.41, 5.74) is 5.00. The first-order valence-electron chi connectivity index (χ1n) is 10.7. The minimum absolute atomic E-state index is 0.0577. The largest absolute Gasteiger partial charge is 0.272 e. The van der Waals surface area contributed by atoms with Crippen molar-refractivity contribution in [3.8, 4) is 0 Å². The van der Waals surface area contributed by atoms with E-state index in [1.165, 1.54) is 23.9 Å². The standard InChI is InChI=1S/C25H24BrCl2N3O3S/c1-17(2)20-6-3-18(4-7-20)14-29-30-25(32)16-31(15-19-5-12-23(27)24(28)13-19)35(33,34)22-10-8-21(26)9-11-22/h3-14,17H,15-16H2,1-2H3,(H,30,32)/b29-14+. The van der Waals surface area contributed by atoms with Crippen molar-refractivity contribution in [1.29, 1.82) is 0 Å². The van der Waals surface area contributed by atoms with E-state index in [1.54, 1.807) is 30.3 Å². The molecule has 0 saturated heterocycles. The van der Waals surface area contributed by atoms with Crippen LogP contribution < -0.4 is 5.43 Å². The Balaban J connectivity index is 1.78. The number of hydrazone groups is 1. The van der Waals surface area contributed by atoms with Gasteiger partial charge in [-0.15, -0.1) is 0 Å². The number of sulfonamides is 1. The van der Waals surface area contributed by atoms with Gasteiger partial charge >= 0.3 is 0 Å². The van der Waals surface area contributed by atoms with E-state index in [1.807, 2.05) is 24.3 Å². The van der Waals surface area contributed by atoms with E-state index in [-0.39, 0.29) is 11.4 Å². The zero-order chi connectivity index (χ0) is 25.6. The van der Waals surface area contributed by atoms with Gasteiger partial charge in [-0.25, -0.2) is 13.8 Å². The molecule has 3 rings (SSSR count). The molecule has 0 heterocycles. The van der Waals surface area contributed by atoms with Crippen LogP contribution in [-0.4, -0.2) is 31.4 Å². The molecular formula is C25H24BrCl2N3O3S. The lowest BCUT2D eigenvalue weighted by atomic mass is 10.0. The molecule has 0 bridgehead atoms. The van der Waals surface area contributed by atoms with Crippen molar-refractivity contribution in [2.75, 3.05) is 6.54 Å². The second-order valence-electron chi connectivity index (χ2n) is 8.09. The Hall–Kier alpha value is -2.23. The smallest absolute Gasteiger partial charge is 0.255 e. The van der Waals surface area contributed by atoms with E-state index in [0.29, 0.717) is 21.5 Å². The van der Waals surface area contributed by atoms with E-state index in [4.69, 9.17) is 23.2 Å². The fraction of sp³-hybridized carbons (Fsp3) is 0.200. The maximum Gasteiger partial charge on any atom is 0.255 e. The van der Waals surface area contributed by atoms with Gasteiger partial charge < -0.3 is 0 Å². The minimum Gasteiger partial charge on any atom is -0.272 e. The van der Waals surface area contributed by atoms with Crippen molar-refractivity contribution in [1.82, 2.24) is 9.73 Å². The van der Waals surface area contributed by atoms with Gasteiger partial charge in [0.05, 0.1) is 27.7 Å². The van der Waals surface area contributed by atoms with Gasteiger partial charge in [-0.2, -0.15) is 9.41 Å². The zero-order valence-electron chi connectivity index (χ0n) is 19.1. The number of nitrogens with zero attached hydrogens (tertiary/aromatic N) is 2. The van der Waals surface area contributed by atoms with E-state index in [2.05, 4.69) is 40.3 Å². The van der Waals surface area contributed by atoms with Crippen LogP contribution in [0.5, 0.6) is 0 Å². The second-order valence-corrected chi connectivity index (χ2v) is 11.8. The van der Waals surface area contributed by atoms with Gasteiger partial charge in [0.25, 0.3) is 5.91 Å². The Kier molecular flexibility index (Phi) is 9.49. The molecule has 10 heteroatoms. The molecular weight excluding hydrogens is 573 g/mol. The third-order valence-corrected chi connectivity index (χ3v) is 8.19. The average Bonchev–Trinajstić information content (AvgIpc) is 2.81. The van der Waals surface area contributed by atoms with Gasteiger partial charge in [-0.3, -0.25) is 4.79 Å². The first-order chi connectivity index (χ1) is 16.6. The maximum absolute atomic E-state index is 13.4. The van der Waals surface area contributed by atoms with E-state index in [9.17, 15) is 13.2 Å². The number of benzene rings is 3. The fourth-order valence-corrected chi connectivity index (χ4v) is 5.13. The molecule has 1 N–H and O–H groups in total. The summed E-state index contributed by atoms with van der Waals surface area (Å²) >= 11 is 15.4. The first-order valence-corrected chi connectivity index (χ1v) is 13.7. The van der Waals surface area contributed by atoms with Crippen LogP contribution in [0.25, 0.3) is 0 Å². The van der Waals surface area contributed by atoms with Crippen LogP contribution >= 0.6 is 39.1 Å². The average molecular weight is 597 g/mol. The maximum atomic E-state index is 13.4. The van der Waals surface area contributed by atoms with Crippen LogP contribution in [0.15, 0.2) is 81.2 Å². The quantitative estimate of drug-likeness (QED) is 0.235. The molecule has 0 aromatic heterocycles. The van der Waals surface area contributed by atoms with Gasteiger partial charge in [0.1, 0.15) is 0 Å². The molecule has 1 amide bonds. The zero-order valence-corrected chi connectivity index (χ0v) is 23.0. The molecule has 35 heavy (non-hydrogen) atoms. The Bertz CT molecular complexity index is 1310. The normalized spacial score (nSPS) is 12.0. The number of hydrogen-bond donors (Lipinski definition) is 1. The van der Waals surface area contributed by atoms with Gasteiger partial charge in [-0.05, 0) is 59.0 Å². The lowest BCUT2D eigenvalue weighted by Gasteiger charge is -2.22. The summed E-state index contributed by atoms with van der Waals surface area (Å²) in [5, 5.41) is 4.62. The number of rotatable bonds is 9. The van der Waals surface area contributed by atoms with Crippen LogP contribution in [0.1, 0.15) is 36.5 Å². The van der Waals surface area contributed by atoms with Gasteiger partial charge in [0, 0.05) is 11.0 Å². The molecule has 0 aliphatic heterocycles. The topological polar surface area (TPSA) is 78.8 Å². The molecule has 0 aliphatic rings. The summed E-state index contributed by atoms with van der Waals surface area (Å²) in [4.78, 5) is 12.7. The molecule has 0 saturated carbocycles. The number of carbonyl (C=O) groups is 1. The lowest BCUT2D eigenvalue weighted by molar-refractivity contribution is -0.121. The monoisotopic (exact) mass is 595 g/mol. The number of carbonyl (C=O) groups excluding carboxylic acids is 1. The van der Waals surface area contributed by atoms with Crippen LogP contribution in [0.3, 0.4) is 0 Å². The van der Waals surface area contributed by atoms with Crippen molar-refractivity contribution < 1.29 is 13.2 Å². The Morgan fingerprint density at radius 3 is 2.29 bits per heavy atom. The molecule has 0 fully saturated rings. The van der Waals surface area contributed by atoms with Crippen LogP contribution in [0, 0.1) is 0 Å². The molecule has 0 radical (unpaired) electrons. The highest BCUT2D eigenvalue weighted by atomic mass is 79.9. The van der Waals surface area contributed by atoms with Gasteiger partial charge in [0.2, 0.25) is 10.0 Å². The summed E-state index contributed by atoms with van der Waals surface area (Å²) in [6, 6.07) is 18.8. The van der Waals surface area contributed by atoms with Crippen molar-refractivity contribution in [3.05, 3.63) is 97.9 Å². The Morgan fingerprint density at radius 1 is 1.03 bits per heavy atom. The summed E-state index contributed by atoms with van der Waals surface area (Å²) in [6.07, 6.45) is 1.51. The van der Waals surface area contributed by atoms with Crippen LogP contribution in [0.4, 0.5) is 0 Å². The highest BCUT2D eigenvalue weighted by Gasteiger charge is 2.27. The van der Waals surface area contributed by atoms with Crippen molar-refractivity contribution in [2.45, 2.75) is 31.2 Å². The third kappa shape index (κ3) is 7.62. The van der Waals surface area contributed by atoms with Crippen molar-refractivity contribution in [3.63, 3.8) is 0 Å². The van der Waals surface area contributed by atoms with Crippen LogP contribution in [-0.2, 0) is 21.4 Å². The molecule has 0 spiro atoms. The number of hydrogen-bond acceptors (Lipinski definition) is 4. The summed E-state index contributed by atoms with van der Waals surface area (Å²) in [6.45, 7) is 3.69. The molecule has 3 aromatic carbocycles. The van der Waals surface area contributed by atoms with Crippen LogP contribution in [0.2, 0.25) is 10.0 Å². The molecule has 0 unspecified atom stereocenters. The predicted octanol–water partition coefficient (Wildman–Crippen LogP) is 6.22. The lowest BCUT2D eigenvalue weighted by Crippen LogP contribution is -2.39. The molecule has 184 valence electrons. The number of halogens is 3. The number of nitrogens with one attached hydrogen (secondary N) is 1. The van der Waals surface area contributed by atoms with Gasteiger partial charge in [0.15, 0.2) is 0 Å². The highest BCUT2D eigenvalue weighted by Crippen LogP contribution is 2.25.